The van der Waals surface area contributed by atoms with Crippen LogP contribution in [0, 0.1) is 0 Å². The molecule has 0 aliphatic carbocycles. The highest BCUT2D eigenvalue weighted by Crippen LogP contribution is 2.18. The fourth-order valence-electron chi connectivity index (χ4n) is 1.84. The van der Waals surface area contributed by atoms with E-state index in [-0.39, 0.29) is 17.0 Å². The first kappa shape index (κ1) is 13.0. The Kier molecular flexibility index (Phi) is 7.44. The molecule has 0 aromatic heterocycles. The minimum absolute atomic E-state index is 0. The molecule has 0 amide bonds. The number of rotatable bonds is 5. The van der Waals surface area contributed by atoms with E-state index in [0.29, 0.717) is 0 Å². The van der Waals surface area contributed by atoms with Gasteiger partial charge in [0.2, 0.25) is 0 Å². The molecule has 1 aliphatic heterocycles. The van der Waals surface area contributed by atoms with Crippen molar-refractivity contribution >= 4 is 17.0 Å². The van der Waals surface area contributed by atoms with E-state index in [2.05, 4.69) is 24.8 Å². The first-order chi connectivity index (χ1) is 5.88. The zero-order valence-corrected chi connectivity index (χ0v) is 10.6. The average molecular weight is 248 g/mol. The van der Waals surface area contributed by atoms with Gasteiger partial charge in [0.15, 0.2) is 0 Å². The van der Waals surface area contributed by atoms with Crippen LogP contribution in [0.3, 0.4) is 0 Å². The van der Waals surface area contributed by atoms with Crippen molar-refractivity contribution in [2.75, 3.05) is 13.1 Å². The third-order valence-corrected chi connectivity index (χ3v) is 2.58. The normalized spacial score (nSPS) is 15.5. The third-order valence-electron chi connectivity index (χ3n) is 2.58. The monoisotopic (exact) mass is 247 g/mol. The van der Waals surface area contributed by atoms with Gasteiger partial charge in [0.05, 0.1) is 0 Å². The number of allylic oxidation sites excluding steroid dienone is 1. The highest BCUT2D eigenvalue weighted by molar-refractivity contribution is 8.93. The molecule has 0 unspecified atom stereocenters. The van der Waals surface area contributed by atoms with Crippen LogP contribution >= 0.6 is 17.0 Å². The van der Waals surface area contributed by atoms with Crippen LogP contribution in [0.5, 0.6) is 0 Å². The third kappa shape index (κ3) is 4.17. The van der Waals surface area contributed by atoms with Crippen molar-refractivity contribution < 1.29 is 0 Å². The van der Waals surface area contributed by atoms with Crippen molar-refractivity contribution in [2.24, 2.45) is 0 Å². The summed E-state index contributed by atoms with van der Waals surface area (Å²) in [6.45, 7) is 7.07. The van der Waals surface area contributed by atoms with Crippen LogP contribution in [0.15, 0.2) is 11.8 Å². The van der Waals surface area contributed by atoms with Crippen molar-refractivity contribution in [3.63, 3.8) is 0 Å². The molecule has 1 nitrogen and oxygen atoms in total. The number of hydrogen-bond acceptors (Lipinski definition) is 1. The molecular weight excluding hydrogens is 226 g/mol. The minimum Gasteiger partial charge on any atom is -0.375 e. The summed E-state index contributed by atoms with van der Waals surface area (Å²) in [7, 11) is 0. The molecule has 0 atom stereocenters. The molecule has 1 aliphatic rings. The van der Waals surface area contributed by atoms with Gasteiger partial charge in [0.1, 0.15) is 0 Å². The van der Waals surface area contributed by atoms with E-state index in [0.717, 1.165) is 0 Å². The Balaban J connectivity index is 0.00000144. The predicted octanol–water partition coefficient (Wildman–Crippen LogP) is 3.75. The Labute approximate surface area is 93.0 Å². The van der Waals surface area contributed by atoms with Crippen LogP contribution in [0.4, 0.5) is 0 Å². The van der Waals surface area contributed by atoms with Gasteiger partial charge in [-0.2, -0.15) is 0 Å². The highest BCUT2D eigenvalue weighted by Gasteiger charge is 2.11. The smallest absolute Gasteiger partial charge is 0.0210 e. The molecule has 0 aromatic carbocycles. The lowest BCUT2D eigenvalue weighted by Gasteiger charge is -2.21. The summed E-state index contributed by atoms with van der Waals surface area (Å²) in [5, 5.41) is 0. The summed E-state index contributed by atoms with van der Waals surface area (Å²) >= 11 is 0. The first-order valence-electron chi connectivity index (χ1n) is 5.32. The number of halogens is 1. The molecule has 0 fully saturated rings. The lowest BCUT2D eigenvalue weighted by Crippen LogP contribution is -2.20. The van der Waals surface area contributed by atoms with Crippen LogP contribution in [0.2, 0.25) is 0 Å². The molecule has 0 radical (unpaired) electrons. The summed E-state index contributed by atoms with van der Waals surface area (Å²) in [5.74, 6) is 0. The minimum atomic E-state index is 0. The lowest BCUT2D eigenvalue weighted by molar-refractivity contribution is 0.356. The average Bonchev–Trinajstić information content (AvgIpc) is 2.52. The standard InChI is InChI=1S/C11H21N.BrH/c1-3-5-6-9-12-10-7-8-11(12)4-2;/h8H,3-7,9-10H2,1-2H3;1H. The van der Waals surface area contributed by atoms with E-state index in [1.807, 2.05) is 0 Å². The van der Waals surface area contributed by atoms with E-state index in [1.54, 1.807) is 5.70 Å². The van der Waals surface area contributed by atoms with Gasteiger partial charge in [-0.3, -0.25) is 0 Å². The van der Waals surface area contributed by atoms with Gasteiger partial charge >= 0.3 is 0 Å². The Morgan fingerprint density at radius 1 is 1.31 bits per heavy atom. The number of nitrogens with zero attached hydrogens (tertiary/aromatic N) is 1. The summed E-state index contributed by atoms with van der Waals surface area (Å²) < 4.78 is 0. The van der Waals surface area contributed by atoms with Crippen molar-refractivity contribution in [1.29, 1.82) is 0 Å². The largest absolute Gasteiger partial charge is 0.375 e. The number of unbranched alkanes of at least 4 members (excludes halogenated alkanes) is 2. The van der Waals surface area contributed by atoms with Gasteiger partial charge < -0.3 is 4.90 Å². The highest BCUT2D eigenvalue weighted by atomic mass is 79.9. The van der Waals surface area contributed by atoms with Gasteiger partial charge in [-0.05, 0) is 19.3 Å². The Bertz CT molecular complexity index is 154. The van der Waals surface area contributed by atoms with Gasteiger partial charge in [-0.15, -0.1) is 17.0 Å². The molecule has 0 N–H and O–H groups in total. The van der Waals surface area contributed by atoms with E-state index in [9.17, 15) is 0 Å². The Hall–Kier alpha value is 0.0200. The Morgan fingerprint density at radius 2 is 2.08 bits per heavy atom. The molecule has 1 heterocycles. The number of hydrogen-bond donors (Lipinski definition) is 0. The van der Waals surface area contributed by atoms with Gasteiger partial charge in [-0.25, -0.2) is 0 Å². The van der Waals surface area contributed by atoms with Crippen LogP contribution in [-0.2, 0) is 0 Å². The molecule has 0 spiro atoms. The zero-order valence-electron chi connectivity index (χ0n) is 8.88. The molecule has 1 rings (SSSR count). The van der Waals surface area contributed by atoms with E-state index in [1.165, 1.54) is 45.2 Å². The molecule has 0 aromatic rings. The van der Waals surface area contributed by atoms with Crippen molar-refractivity contribution in [1.82, 2.24) is 4.90 Å². The summed E-state index contributed by atoms with van der Waals surface area (Å²) in [6, 6.07) is 0. The Morgan fingerprint density at radius 3 is 2.69 bits per heavy atom. The van der Waals surface area contributed by atoms with Crippen molar-refractivity contribution in [3.05, 3.63) is 11.8 Å². The molecular formula is C11H22BrN. The molecule has 78 valence electrons. The molecule has 0 bridgehead atoms. The summed E-state index contributed by atoms with van der Waals surface area (Å²) in [6.07, 6.45) is 8.97. The van der Waals surface area contributed by atoms with E-state index in [4.69, 9.17) is 0 Å². The predicted molar refractivity (Wildman–Crippen MR) is 64.4 cm³/mol. The molecule has 0 saturated carbocycles. The zero-order chi connectivity index (χ0) is 8.81. The van der Waals surface area contributed by atoms with Crippen LogP contribution in [0.25, 0.3) is 0 Å². The maximum absolute atomic E-state index is 2.55. The van der Waals surface area contributed by atoms with Gasteiger partial charge in [0.25, 0.3) is 0 Å². The topological polar surface area (TPSA) is 3.24 Å². The second kappa shape index (κ2) is 7.43. The van der Waals surface area contributed by atoms with Gasteiger partial charge in [0, 0.05) is 18.8 Å². The quantitative estimate of drug-likeness (QED) is 0.670. The molecule has 13 heavy (non-hydrogen) atoms. The lowest BCUT2D eigenvalue weighted by atomic mass is 10.2. The maximum atomic E-state index is 2.55. The van der Waals surface area contributed by atoms with Crippen LogP contribution in [0.1, 0.15) is 46.0 Å². The second-order valence-electron chi connectivity index (χ2n) is 3.53. The second-order valence-corrected chi connectivity index (χ2v) is 3.53. The fourth-order valence-corrected chi connectivity index (χ4v) is 1.84. The molecule has 2 heteroatoms. The van der Waals surface area contributed by atoms with Gasteiger partial charge in [-0.1, -0.05) is 32.8 Å². The maximum Gasteiger partial charge on any atom is 0.0210 e. The summed E-state index contributed by atoms with van der Waals surface area (Å²) in [5.41, 5.74) is 1.58. The van der Waals surface area contributed by atoms with E-state index < -0.39 is 0 Å². The van der Waals surface area contributed by atoms with E-state index >= 15 is 0 Å². The fraction of sp³-hybridized carbons (Fsp3) is 0.818. The van der Waals surface area contributed by atoms with Crippen LogP contribution in [-0.4, -0.2) is 18.0 Å². The SMILES string of the molecule is Br.CCCCCN1CCC=C1CC. The molecule has 0 saturated heterocycles. The summed E-state index contributed by atoms with van der Waals surface area (Å²) in [4.78, 5) is 2.55. The first-order valence-corrected chi connectivity index (χ1v) is 5.32. The van der Waals surface area contributed by atoms with Crippen LogP contribution < -0.4 is 0 Å². The van der Waals surface area contributed by atoms with Crippen molar-refractivity contribution in [2.45, 2.75) is 46.0 Å². The van der Waals surface area contributed by atoms with Crippen molar-refractivity contribution in [3.8, 4) is 0 Å².